The Hall–Kier alpha value is -2.44. The van der Waals surface area contributed by atoms with Crippen LogP contribution >= 0.6 is 0 Å². The van der Waals surface area contributed by atoms with E-state index in [9.17, 15) is 20.4 Å². The lowest BCUT2D eigenvalue weighted by Crippen LogP contribution is -2.31. The smallest absolute Gasteiger partial charge is 0.162 e. The first kappa shape index (κ1) is 27.6. The van der Waals surface area contributed by atoms with Gasteiger partial charge in [-0.15, -0.1) is 0 Å². The summed E-state index contributed by atoms with van der Waals surface area (Å²) in [6.45, 7) is 21.7. The van der Waals surface area contributed by atoms with Gasteiger partial charge in [-0.3, -0.25) is 9.80 Å². The minimum absolute atomic E-state index is 0.0396. The second kappa shape index (κ2) is 9.39. The first-order chi connectivity index (χ1) is 17.3. The average molecular weight is 511 g/mol. The molecule has 2 aliphatic carbocycles. The number of aromatic hydroxyl groups is 4. The second-order valence-electron chi connectivity index (χ2n) is 12.4. The molecular formula is C31H46N2O4. The van der Waals surface area contributed by atoms with E-state index in [1.165, 1.54) is 0 Å². The van der Waals surface area contributed by atoms with Gasteiger partial charge in [0, 0.05) is 29.6 Å². The molecule has 0 amide bonds. The topological polar surface area (TPSA) is 87.4 Å². The van der Waals surface area contributed by atoms with E-state index in [4.69, 9.17) is 0 Å². The Kier molecular flexibility index (Phi) is 7.00. The van der Waals surface area contributed by atoms with Crippen molar-refractivity contribution in [2.75, 3.05) is 26.2 Å². The predicted octanol–water partition coefficient (Wildman–Crippen LogP) is 5.84. The van der Waals surface area contributed by atoms with Gasteiger partial charge in [0.25, 0.3) is 0 Å². The van der Waals surface area contributed by atoms with Crippen molar-refractivity contribution in [2.45, 2.75) is 97.6 Å². The number of hydrogen-bond donors (Lipinski definition) is 4. The summed E-state index contributed by atoms with van der Waals surface area (Å²) in [7, 11) is 0. The van der Waals surface area contributed by atoms with Crippen LogP contribution in [0.15, 0.2) is 12.1 Å². The highest BCUT2D eigenvalue weighted by Crippen LogP contribution is 2.66. The van der Waals surface area contributed by atoms with Crippen molar-refractivity contribution in [1.29, 1.82) is 0 Å². The van der Waals surface area contributed by atoms with E-state index in [1.54, 1.807) is 12.1 Å². The van der Waals surface area contributed by atoms with Crippen LogP contribution in [0.1, 0.15) is 102 Å². The molecular weight excluding hydrogens is 464 g/mol. The number of phenolic OH excluding ortho intramolecular Hbond substituents is 4. The summed E-state index contributed by atoms with van der Waals surface area (Å²) in [4.78, 5) is 4.53. The third-order valence-corrected chi connectivity index (χ3v) is 9.22. The van der Waals surface area contributed by atoms with Crippen LogP contribution in [-0.2, 0) is 29.3 Å². The Balaban J connectivity index is 2.12. The van der Waals surface area contributed by atoms with E-state index in [0.29, 0.717) is 13.1 Å². The summed E-state index contributed by atoms with van der Waals surface area (Å²) in [5.41, 5.74) is 4.93. The molecule has 0 saturated carbocycles. The van der Waals surface area contributed by atoms with Crippen molar-refractivity contribution >= 4 is 0 Å². The number of hydrogen-bond acceptors (Lipinski definition) is 6. The van der Waals surface area contributed by atoms with E-state index in [1.807, 2.05) is 0 Å². The summed E-state index contributed by atoms with van der Waals surface area (Å²) in [5.74, 6) is -0.217. The van der Waals surface area contributed by atoms with Crippen molar-refractivity contribution in [2.24, 2.45) is 0 Å². The van der Waals surface area contributed by atoms with Gasteiger partial charge in [-0.05, 0) is 84.2 Å². The summed E-state index contributed by atoms with van der Waals surface area (Å²) in [5, 5.41) is 44.3. The Morgan fingerprint density at radius 1 is 0.622 bits per heavy atom. The number of benzene rings is 2. The quantitative estimate of drug-likeness (QED) is 0.334. The zero-order valence-corrected chi connectivity index (χ0v) is 24.0. The molecule has 6 heteroatoms. The Morgan fingerprint density at radius 3 is 1.24 bits per heavy atom. The standard InChI is InChI=1S/C31H46N2O4/c1-9-32(10-2)15-19-25-21(13-23(34)27(19)36)29(5,6)17-31(25)18-30(7,8)22-14-24(35)28(37)20(26(22)31)16-33(11-3)12-4/h13-14,34-37H,9-12,15-18H2,1-8H3. The summed E-state index contributed by atoms with van der Waals surface area (Å²) in [6, 6.07) is 3.53. The molecule has 0 fully saturated rings. The van der Waals surface area contributed by atoms with Gasteiger partial charge in [-0.25, -0.2) is 0 Å². The SMILES string of the molecule is CCN(CC)Cc1c(O)c(O)cc2c1C1(CC2(C)C)CC(C)(C)c2cc(O)c(O)c(CN(CC)CC)c21. The maximum Gasteiger partial charge on any atom is 0.162 e. The van der Waals surface area contributed by atoms with Crippen LogP contribution in [0.3, 0.4) is 0 Å². The fourth-order valence-corrected chi connectivity index (χ4v) is 7.48. The molecule has 0 aromatic heterocycles. The molecule has 0 aliphatic heterocycles. The third kappa shape index (κ3) is 4.17. The highest BCUT2D eigenvalue weighted by atomic mass is 16.3. The third-order valence-electron chi connectivity index (χ3n) is 9.22. The van der Waals surface area contributed by atoms with Crippen LogP contribution in [-0.4, -0.2) is 56.4 Å². The Labute approximate surface area is 222 Å². The maximum atomic E-state index is 11.3. The van der Waals surface area contributed by atoms with E-state index in [2.05, 4.69) is 65.2 Å². The van der Waals surface area contributed by atoms with Gasteiger partial charge < -0.3 is 20.4 Å². The fraction of sp³-hybridized carbons (Fsp3) is 0.613. The van der Waals surface area contributed by atoms with Crippen LogP contribution in [0.4, 0.5) is 0 Å². The largest absolute Gasteiger partial charge is 0.504 e. The molecule has 0 saturated heterocycles. The first-order valence-electron chi connectivity index (χ1n) is 13.9. The highest BCUT2D eigenvalue weighted by molar-refractivity contribution is 5.70. The lowest BCUT2D eigenvalue weighted by atomic mass is 9.70. The van der Waals surface area contributed by atoms with E-state index in [0.717, 1.165) is 72.4 Å². The average Bonchev–Trinajstić information content (AvgIpc) is 3.18. The Morgan fingerprint density at radius 2 is 0.946 bits per heavy atom. The molecule has 2 aromatic carbocycles. The number of phenols is 4. The monoisotopic (exact) mass is 510 g/mol. The van der Waals surface area contributed by atoms with Crippen LogP contribution < -0.4 is 0 Å². The van der Waals surface area contributed by atoms with E-state index >= 15 is 0 Å². The van der Waals surface area contributed by atoms with E-state index in [-0.39, 0.29) is 33.8 Å². The number of fused-ring (bicyclic) bond motifs is 4. The van der Waals surface area contributed by atoms with Crippen LogP contribution in [0.25, 0.3) is 0 Å². The molecule has 2 aliphatic rings. The van der Waals surface area contributed by atoms with Crippen molar-refractivity contribution in [3.05, 3.63) is 45.5 Å². The van der Waals surface area contributed by atoms with Crippen LogP contribution in [0.2, 0.25) is 0 Å². The molecule has 0 bridgehead atoms. The molecule has 4 rings (SSSR count). The lowest BCUT2D eigenvalue weighted by Gasteiger charge is -2.35. The fourth-order valence-electron chi connectivity index (χ4n) is 7.48. The molecule has 2 aromatic rings. The van der Waals surface area contributed by atoms with Crippen LogP contribution in [0, 0.1) is 0 Å². The Bertz CT molecular complexity index is 1100. The zero-order valence-electron chi connectivity index (χ0n) is 24.0. The molecule has 0 unspecified atom stereocenters. The molecule has 4 N–H and O–H groups in total. The highest BCUT2D eigenvalue weighted by Gasteiger charge is 2.59. The summed E-state index contributed by atoms with van der Waals surface area (Å²) in [6.07, 6.45) is 1.60. The number of nitrogens with zero attached hydrogens (tertiary/aromatic N) is 2. The van der Waals surface area contributed by atoms with Gasteiger partial charge >= 0.3 is 0 Å². The van der Waals surface area contributed by atoms with Gasteiger partial charge in [0.05, 0.1) is 0 Å². The molecule has 0 radical (unpaired) electrons. The van der Waals surface area contributed by atoms with Gasteiger partial charge in [-0.2, -0.15) is 0 Å². The minimum atomic E-state index is -0.459. The molecule has 6 nitrogen and oxygen atoms in total. The van der Waals surface area contributed by atoms with Crippen molar-refractivity contribution in [1.82, 2.24) is 9.80 Å². The van der Waals surface area contributed by atoms with Gasteiger partial charge in [-0.1, -0.05) is 55.4 Å². The predicted molar refractivity (Wildman–Crippen MR) is 149 cm³/mol. The van der Waals surface area contributed by atoms with Crippen LogP contribution in [0.5, 0.6) is 23.0 Å². The van der Waals surface area contributed by atoms with Gasteiger partial charge in [0.2, 0.25) is 0 Å². The van der Waals surface area contributed by atoms with Crippen molar-refractivity contribution in [3.63, 3.8) is 0 Å². The van der Waals surface area contributed by atoms with E-state index < -0.39 is 5.41 Å². The first-order valence-corrected chi connectivity index (χ1v) is 13.9. The molecule has 0 atom stereocenters. The molecule has 37 heavy (non-hydrogen) atoms. The summed E-state index contributed by atoms with van der Waals surface area (Å²) >= 11 is 0. The van der Waals surface area contributed by atoms with Gasteiger partial charge in [0.1, 0.15) is 0 Å². The molecule has 0 heterocycles. The van der Waals surface area contributed by atoms with Crippen molar-refractivity contribution in [3.8, 4) is 23.0 Å². The minimum Gasteiger partial charge on any atom is -0.504 e. The van der Waals surface area contributed by atoms with Crippen molar-refractivity contribution < 1.29 is 20.4 Å². The molecule has 204 valence electrons. The zero-order chi connectivity index (χ0) is 27.5. The molecule has 1 spiro atoms. The summed E-state index contributed by atoms with van der Waals surface area (Å²) < 4.78 is 0. The second-order valence-corrected chi connectivity index (χ2v) is 12.4. The maximum absolute atomic E-state index is 11.3. The normalized spacial score (nSPS) is 18.6. The lowest BCUT2D eigenvalue weighted by molar-refractivity contribution is 0.279. The number of rotatable bonds is 8. The van der Waals surface area contributed by atoms with Gasteiger partial charge in [0.15, 0.2) is 23.0 Å².